The lowest BCUT2D eigenvalue weighted by Crippen LogP contribution is -2.49. The van der Waals surface area contributed by atoms with Gasteiger partial charge in [0, 0.05) is 42.3 Å². The van der Waals surface area contributed by atoms with Crippen LogP contribution >= 0.6 is 11.6 Å². The number of benzene rings is 2. The smallest absolute Gasteiger partial charge is 0.260 e. The van der Waals surface area contributed by atoms with Gasteiger partial charge in [-0.1, -0.05) is 23.7 Å². The van der Waals surface area contributed by atoms with Crippen LogP contribution in [0.3, 0.4) is 0 Å². The predicted octanol–water partition coefficient (Wildman–Crippen LogP) is 4.18. The summed E-state index contributed by atoms with van der Waals surface area (Å²) in [6.45, 7) is 4.88. The molecule has 4 rings (SSSR count). The molecule has 0 saturated carbocycles. The monoisotopic (exact) mass is 497 g/mol. The zero-order valence-electron chi connectivity index (χ0n) is 20.2. The highest BCUT2D eigenvalue weighted by molar-refractivity contribution is 6.30. The van der Waals surface area contributed by atoms with E-state index in [-0.39, 0.29) is 42.8 Å². The highest BCUT2D eigenvalue weighted by atomic mass is 35.5. The summed E-state index contributed by atoms with van der Waals surface area (Å²) in [6.07, 6.45) is 3.36. The molecule has 35 heavy (non-hydrogen) atoms. The Morgan fingerprint density at radius 2 is 1.69 bits per heavy atom. The number of carbonyl (C=O) groups excluding carboxylic acids is 3. The molecule has 0 radical (unpaired) electrons. The van der Waals surface area contributed by atoms with Crippen LogP contribution in [0.15, 0.2) is 48.5 Å². The largest absolute Gasteiger partial charge is 0.484 e. The first kappa shape index (κ1) is 25.0. The van der Waals surface area contributed by atoms with Gasteiger partial charge in [-0.3, -0.25) is 14.4 Å². The van der Waals surface area contributed by atoms with Crippen molar-refractivity contribution >= 4 is 35.0 Å². The van der Waals surface area contributed by atoms with Crippen molar-refractivity contribution in [2.45, 2.75) is 58.2 Å². The van der Waals surface area contributed by atoms with Crippen LogP contribution in [0.5, 0.6) is 5.75 Å². The molecular formula is C27H32ClN3O4. The number of ether oxygens (including phenoxy) is 1. The average Bonchev–Trinajstić information content (AvgIpc) is 3.24. The summed E-state index contributed by atoms with van der Waals surface area (Å²) >= 11 is 5.90. The third kappa shape index (κ3) is 6.14. The zero-order valence-corrected chi connectivity index (χ0v) is 21.0. The van der Waals surface area contributed by atoms with Crippen LogP contribution in [-0.4, -0.2) is 47.9 Å². The lowest BCUT2D eigenvalue weighted by atomic mass is 9.97. The molecule has 2 aromatic rings. The molecule has 2 aliphatic rings. The van der Waals surface area contributed by atoms with E-state index in [0.29, 0.717) is 29.5 Å². The Morgan fingerprint density at radius 3 is 2.34 bits per heavy atom. The van der Waals surface area contributed by atoms with E-state index >= 15 is 0 Å². The molecule has 2 heterocycles. The van der Waals surface area contributed by atoms with Gasteiger partial charge in [0.15, 0.2) is 6.61 Å². The van der Waals surface area contributed by atoms with Gasteiger partial charge in [0.25, 0.3) is 5.91 Å². The molecular weight excluding hydrogens is 466 g/mol. The van der Waals surface area contributed by atoms with Gasteiger partial charge in [0.2, 0.25) is 11.8 Å². The van der Waals surface area contributed by atoms with Gasteiger partial charge in [-0.25, -0.2) is 0 Å². The molecule has 186 valence electrons. The lowest BCUT2D eigenvalue weighted by Gasteiger charge is -2.38. The number of hydrogen-bond donors (Lipinski definition) is 1. The number of anilines is 1. The zero-order chi connectivity index (χ0) is 24.9. The summed E-state index contributed by atoms with van der Waals surface area (Å²) < 4.78 is 5.74. The van der Waals surface area contributed by atoms with Crippen LogP contribution in [0.25, 0.3) is 0 Å². The number of piperidine rings is 1. The number of nitrogens with zero attached hydrogens (tertiary/aromatic N) is 2. The van der Waals surface area contributed by atoms with E-state index < -0.39 is 5.92 Å². The first-order valence-electron chi connectivity index (χ1n) is 12.2. The lowest BCUT2D eigenvalue weighted by molar-refractivity contribution is -0.139. The van der Waals surface area contributed by atoms with Gasteiger partial charge in [0.1, 0.15) is 5.75 Å². The highest BCUT2D eigenvalue weighted by Crippen LogP contribution is 2.28. The first-order chi connectivity index (χ1) is 16.8. The Kier molecular flexibility index (Phi) is 7.96. The van der Waals surface area contributed by atoms with Crippen molar-refractivity contribution < 1.29 is 19.1 Å². The van der Waals surface area contributed by atoms with Gasteiger partial charge in [-0.05, 0) is 75.1 Å². The molecule has 8 heteroatoms. The molecule has 0 bridgehead atoms. The fraction of sp³-hybridized carbons (Fsp3) is 0.444. The second kappa shape index (κ2) is 11.1. The topological polar surface area (TPSA) is 79.0 Å². The first-order valence-corrected chi connectivity index (χ1v) is 12.6. The average molecular weight is 498 g/mol. The minimum Gasteiger partial charge on any atom is -0.484 e. The number of nitrogens with one attached hydrogen (secondary N) is 1. The van der Waals surface area contributed by atoms with E-state index in [1.807, 2.05) is 17.0 Å². The quantitative estimate of drug-likeness (QED) is 0.622. The third-order valence-corrected chi connectivity index (χ3v) is 7.12. The van der Waals surface area contributed by atoms with Crippen LogP contribution in [-0.2, 0) is 20.9 Å². The number of hydrogen-bond acceptors (Lipinski definition) is 4. The molecule has 2 saturated heterocycles. The van der Waals surface area contributed by atoms with Crippen molar-refractivity contribution in [3.8, 4) is 5.75 Å². The van der Waals surface area contributed by atoms with Crippen molar-refractivity contribution in [3.05, 3.63) is 59.1 Å². The molecule has 0 unspecified atom stereocenters. The van der Waals surface area contributed by atoms with E-state index in [9.17, 15) is 14.4 Å². The predicted molar refractivity (Wildman–Crippen MR) is 135 cm³/mol. The number of carbonyl (C=O) groups is 3. The maximum atomic E-state index is 12.7. The molecule has 2 fully saturated rings. The summed E-state index contributed by atoms with van der Waals surface area (Å²) in [7, 11) is 0. The van der Waals surface area contributed by atoms with Gasteiger partial charge in [-0.2, -0.15) is 0 Å². The fourth-order valence-corrected chi connectivity index (χ4v) is 5.05. The maximum Gasteiger partial charge on any atom is 0.260 e. The van der Waals surface area contributed by atoms with Crippen LogP contribution in [0.4, 0.5) is 5.69 Å². The Balaban J connectivity index is 1.28. The molecule has 0 aliphatic carbocycles. The SMILES string of the molecule is C[C@@H]1CCC[C@H](C)N1C(=O)COc1ccc(N2C[C@H](C(=O)NCc3ccc(Cl)cc3)CC2=O)cc1. The molecule has 7 nitrogen and oxygen atoms in total. The van der Waals surface area contributed by atoms with Crippen LogP contribution in [0, 0.1) is 5.92 Å². The molecule has 0 spiro atoms. The van der Waals surface area contributed by atoms with Crippen molar-refractivity contribution in [2.24, 2.45) is 5.92 Å². The van der Waals surface area contributed by atoms with Crippen LogP contribution in [0.1, 0.15) is 45.1 Å². The third-order valence-electron chi connectivity index (χ3n) is 6.87. The highest BCUT2D eigenvalue weighted by Gasteiger charge is 2.35. The van der Waals surface area contributed by atoms with Crippen molar-refractivity contribution in [1.82, 2.24) is 10.2 Å². The Hall–Kier alpha value is -3.06. The Labute approximate surface area is 211 Å². The van der Waals surface area contributed by atoms with E-state index in [2.05, 4.69) is 19.2 Å². The minimum atomic E-state index is -0.406. The van der Waals surface area contributed by atoms with Crippen LogP contribution < -0.4 is 15.0 Å². The second-order valence-electron chi connectivity index (χ2n) is 9.46. The van der Waals surface area contributed by atoms with E-state index in [1.165, 1.54) is 0 Å². The number of amides is 3. The van der Waals surface area contributed by atoms with Gasteiger partial charge >= 0.3 is 0 Å². The van der Waals surface area contributed by atoms with Crippen molar-refractivity contribution in [1.29, 1.82) is 0 Å². The van der Waals surface area contributed by atoms with E-state index in [4.69, 9.17) is 16.3 Å². The van der Waals surface area contributed by atoms with E-state index in [0.717, 1.165) is 24.8 Å². The molecule has 1 N–H and O–H groups in total. The standard InChI is InChI=1S/C27H32ClN3O4/c1-18-4-3-5-19(2)31(18)26(33)17-35-24-12-10-23(11-13-24)30-16-21(14-25(30)32)27(34)29-15-20-6-8-22(28)9-7-20/h6-13,18-19,21H,3-5,14-17H2,1-2H3,(H,29,34)/t18-,19+,21-/m1/s1. The summed E-state index contributed by atoms with van der Waals surface area (Å²) in [5.74, 6) is -0.0693. The summed E-state index contributed by atoms with van der Waals surface area (Å²) in [5, 5.41) is 3.55. The molecule has 2 aliphatic heterocycles. The second-order valence-corrected chi connectivity index (χ2v) is 9.90. The van der Waals surface area contributed by atoms with Crippen LogP contribution in [0.2, 0.25) is 5.02 Å². The van der Waals surface area contributed by atoms with Crippen molar-refractivity contribution in [3.63, 3.8) is 0 Å². The number of halogens is 1. The van der Waals surface area contributed by atoms with E-state index in [1.54, 1.807) is 41.3 Å². The molecule has 3 amide bonds. The molecule has 2 aromatic carbocycles. The molecule has 3 atom stereocenters. The summed E-state index contributed by atoms with van der Waals surface area (Å²) in [6, 6.07) is 14.8. The summed E-state index contributed by atoms with van der Waals surface area (Å²) in [5.41, 5.74) is 1.65. The Bertz CT molecular complexity index is 1050. The van der Waals surface area contributed by atoms with Gasteiger partial charge in [0.05, 0.1) is 5.92 Å². The molecule has 0 aromatic heterocycles. The fourth-order valence-electron chi connectivity index (χ4n) is 4.92. The van der Waals surface area contributed by atoms with Crippen molar-refractivity contribution in [2.75, 3.05) is 18.1 Å². The van der Waals surface area contributed by atoms with Gasteiger partial charge in [-0.15, -0.1) is 0 Å². The normalized spacial score (nSPS) is 22.3. The minimum absolute atomic E-state index is 0.00375. The summed E-state index contributed by atoms with van der Waals surface area (Å²) in [4.78, 5) is 41.4. The number of likely N-dealkylation sites (tertiary alicyclic amines) is 1. The maximum absolute atomic E-state index is 12.7. The number of rotatable bonds is 7. The van der Waals surface area contributed by atoms with Gasteiger partial charge < -0.3 is 19.9 Å². The Morgan fingerprint density at radius 1 is 1.03 bits per heavy atom.